The normalized spacial score (nSPS) is 8.67. The Labute approximate surface area is 89.1 Å². The third kappa shape index (κ3) is 7.37. The summed E-state index contributed by atoms with van der Waals surface area (Å²) in [5, 5.41) is 10.0. The van der Waals surface area contributed by atoms with Crippen LogP contribution >= 0.6 is 0 Å². The monoisotopic (exact) mass is 209 g/mol. The van der Waals surface area contributed by atoms with Gasteiger partial charge in [-0.2, -0.15) is 0 Å². The minimum absolute atomic E-state index is 0.137. The standard InChI is InChI=1S/C6H5NO2.C5H10O/c8-7(9)6-4-2-1-3-5-6;1-3-4-5(2)6/h1-5H;3-4H2,1-2H3. The molecule has 82 valence electrons. The molecule has 1 aromatic rings. The van der Waals surface area contributed by atoms with Gasteiger partial charge >= 0.3 is 0 Å². The van der Waals surface area contributed by atoms with Crippen LogP contribution in [0.2, 0.25) is 0 Å². The first-order valence-electron chi connectivity index (χ1n) is 4.76. The number of rotatable bonds is 3. The molecule has 0 N–H and O–H groups in total. The number of Topliss-reactive ketones (excluding diaryl/α,β-unsaturated/α-hetero) is 1. The van der Waals surface area contributed by atoms with E-state index in [2.05, 4.69) is 0 Å². The van der Waals surface area contributed by atoms with E-state index in [1.165, 1.54) is 12.1 Å². The first-order valence-corrected chi connectivity index (χ1v) is 4.76. The van der Waals surface area contributed by atoms with Crippen LogP contribution in [0.1, 0.15) is 26.7 Å². The molecule has 4 nitrogen and oxygen atoms in total. The fourth-order valence-electron chi connectivity index (χ4n) is 0.902. The molecule has 0 radical (unpaired) electrons. The average molecular weight is 209 g/mol. The Morgan fingerprint density at radius 1 is 1.33 bits per heavy atom. The van der Waals surface area contributed by atoms with Gasteiger partial charge in [0.2, 0.25) is 0 Å². The number of hydrogen-bond acceptors (Lipinski definition) is 3. The number of non-ortho nitro benzene ring substituents is 1. The molecule has 1 rings (SSSR count). The highest BCUT2D eigenvalue weighted by molar-refractivity contribution is 5.75. The Morgan fingerprint density at radius 2 is 1.87 bits per heavy atom. The number of para-hydroxylation sites is 1. The van der Waals surface area contributed by atoms with Crippen LogP contribution in [0, 0.1) is 10.1 Å². The van der Waals surface area contributed by atoms with E-state index in [4.69, 9.17) is 0 Å². The Kier molecular flexibility index (Phi) is 6.80. The molecule has 0 saturated carbocycles. The van der Waals surface area contributed by atoms with Crippen LogP contribution in [-0.4, -0.2) is 10.7 Å². The first-order chi connectivity index (χ1) is 7.07. The van der Waals surface area contributed by atoms with E-state index >= 15 is 0 Å². The molecule has 0 amide bonds. The largest absolute Gasteiger partial charge is 0.300 e. The van der Waals surface area contributed by atoms with Gasteiger partial charge in [-0.25, -0.2) is 0 Å². The SMILES string of the molecule is CCCC(C)=O.O=[N+]([O-])c1ccccc1. The van der Waals surface area contributed by atoms with Crippen LogP contribution in [0.5, 0.6) is 0 Å². The number of nitro benzene ring substituents is 1. The molecule has 0 spiro atoms. The molecule has 0 aliphatic rings. The molecule has 0 aromatic heterocycles. The minimum atomic E-state index is -0.417. The van der Waals surface area contributed by atoms with Gasteiger partial charge in [0.1, 0.15) is 5.78 Å². The van der Waals surface area contributed by atoms with E-state index < -0.39 is 4.92 Å². The molecular formula is C11H15NO3. The number of nitro groups is 1. The molecule has 0 atom stereocenters. The van der Waals surface area contributed by atoms with Crippen LogP contribution in [-0.2, 0) is 4.79 Å². The minimum Gasteiger partial charge on any atom is -0.300 e. The Balaban J connectivity index is 0.000000288. The van der Waals surface area contributed by atoms with Gasteiger partial charge in [-0.1, -0.05) is 25.1 Å². The lowest BCUT2D eigenvalue weighted by molar-refractivity contribution is -0.384. The summed E-state index contributed by atoms with van der Waals surface area (Å²) in [5.41, 5.74) is 0.137. The quantitative estimate of drug-likeness (QED) is 0.568. The van der Waals surface area contributed by atoms with Gasteiger partial charge in [0.25, 0.3) is 5.69 Å². The summed E-state index contributed by atoms with van der Waals surface area (Å²) >= 11 is 0. The zero-order valence-electron chi connectivity index (χ0n) is 8.97. The van der Waals surface area contributed by atoms with Crippen LogP contribution < -0.4 is 0 Å². The van der Waals surface area contributed by atoms with Gasteiger partial charge in [0.15, 0.2) is 0 Å². The van der Waals surface area contributed by atoms with E-state index in [1.54, 1.807) is 25.1 Å². The third-order valence-electron chi connectivity index (χ3n) is 1.57. The fraction of sp³-hybridized carbons (Fsp3) is 0.364. The van der Waals surface area contributed by atoms with E-state index in [9.17, 15) is 14.9 Å². The second kappa shape index (κ2) is 7.67. The van der Waals surface area contributed by atoms with Crippen LogP contribution in [0.4, 0.5) is 5.69 Å². The lowest BCUT2D eigenvalue weighted by Gasteiger charge is -1.85. The van der Waals surface area contributed by atoms with E-state index in [0.29, 0.717) is 0 Å². The summed E-state index contributed by atoms with van der Waals surface area (Å²) in [6.45, 7) is 3.62. The lowest BCUT2D eigenvalue weighted by atomic mass is 10.3. The molecule has 0 aliphatic carbocycles. The summed E-state index contributed by atoms with van der Waals surface area (Å²) in [6.07, 6.45) is 1.72. The van der Waals surface area contributed by atoms with Gasteiger partial charge in [-0.05, 0) is 13.3 Å². The van der Waals surface area contributed by atoms with Crippen molar-refractivity contribution in [2.45, 2.75) is 26.7 Å². The lowest BCUT2D eigenvalue weighted by Crippen LogP contribution is -1.84. The second-order valence-corrected chi connectivity index (χ2v) is 3.04. The maximum absolute atomic E-state index is 10.0. The number of ketones is 1. The number of carbonyl (C=O) groups is 1. The van der Waals surface area contributed by atoms with Crippen LogP contribution in [0.15, 0.2) is 30.3 Å². The summed E-state index contributed by atoms with van der Waals surface area (Å²) < 4.78 is 0. The van der Waals surface area contributed by atoms with Crippen molar-refractivity contribution in [1.82, 2.24) is 0 Å². The van der Waals surface area contributed by atoms with Crippen LogP contribution in [0.3, 0.4) is 0 Å². The molecule has 15 heavy (non-hydrogen) atoms. The molecule has 0 fully saturated rings. The van der Waals surface area contributed by atoms with E-state index in [1.807, 2.05) is 6.92 Å². The molecule has 0 saturated heterocycles. The molecule has 0 heterocycles. The number of benzene rings is 1. The topological polar surface area (TPSA) is 60.2 Å². The van der Waals surface area contributed by atoms with Crippen molar-refractivity contribution in [2.75, 3.05) is 0 Å². The van der Waals surface area contributed by atoms with E-state index in [-0.39, 0.29) is 11.5 Å². The smallest absolute Gasteiger partial charge is 0.269 e. The van der Waals surface area contributed by atoms with Gasteiger partial charge in [0.05, 0.1) is 4.92 Å². The van der Waals surface area contributed by atoms with Crippen molar-refractivity contribution in [3.05, 3.63) is 40.4 Å². The third-order valence-corrected chi connectivity index (χ3v) is 1.57. The Hall–Kier alpha value is -1.71. The molecule has 1 aromatic carbocycles. The van der Waals surface area contributed by atoms with Crippen molar-refractivity contribution in [1.29, 1.82) is 0 Å². The highest BCUT2D eigenvalue weighted by Crippen LogP contribution is 2.06. The van der Waals surface area contributed by atoms with Gasteiger partial charge in [-0.15, -0.1) is 0 Å². The predicted molar refractivity (Wildman–Crippen MR) is 58.7 cm³/mol. The number of carbonyl (C=O) groups excluding carboxylic acids is 1. The summed E-state index contributed by atoms with van der Waals surface area (Å²) in [7, 11) is 0. The average Bonchev–Trinajstić information content (AvgIpc) is 2.20. The predicted octanol–water partition coefficient (Wildman–Crippen LogP) is 2.97. The van der Waals surface area contributed by atoms with Crippen molar-refractivity contribution in [2.24, 2.45) is 0 Å². The summed E-state index contributed by atoms with van der Waals surface area (Å²) in [5.74, 6) is 0.289. The summed E-state index contributed by atoms with van der Waals surface area (Å²) in [4.78, 5) is 19.6. The van der Waals surface area contributed by atoms with Gasteiger partial charge in [0, 0.05) is 18.6 Å². The van der Waals surface area contributed by atoms with Crippen molar-refractivity contribution in [3.8, 4) is 0 Å². The Morgan fingerprint density at radius 3 is 2.07 bits per heavy atom. The van der Waals surface area contributed by atoms with Gasteiger partial charge in [-0.3, -0.25) is 10.1 Å². The molecule has 4 heteroatoms. The number of hydrogen-bond donors (Lipinski definition) is 0. The highest BCUT2D eigenvalue weighted by Gasteiger charge is 1.98. The fourth-order valence-corrected chi connectivity index (χ4v) is 0.902. The maximum atomic E-state index is 10.0. The first kappa shape index (κ1) is 13.3. The van der Waals surface area contributed by atoms with Crippen molar-refractivity contribution >= 4 is 11.5 Å². The zero-order chi connectivity index (χ0) is 11.7. The van der Waals surface area contributed by atoms with E-state index in [0.717, 1.165) is 12.8 Å². The molecular weight excluding hydrogens is 194 g/mol. The van der Waals surface area contributed by atoms with Crippen molar-refractivity contribution in [3.63, 3.8) is 0 Å². The van der Waals surface area contributed by atoms with Gasteiger partial charge < -0.3 is 4.79 Å². The van der Waals surface area contributed by atoms with Crippen LogP contribution in [0.25, 0.3) is 0 Å². The number of nitrogens with zero attached hydrogens (tertiary/aromatic N) is 1. The Bertz CT molecular complexity index is 309. The molecule has 0 aliphatic heterocycles. The molecule has 0 unspecified atom stereocenters. The van der Waals surface area contributed by atoms with Crippen molar-refractivity contribution < 1.29 is 9.72 Å². The summed E-state index contributed by atoms with van der Waals surface area (Å²) in [6, 6.07) is 7.93. The highest BCUT2D eigenvalue weighted by atomic mass is 16.6. The zero-order valence-corrected chi connectivity index (χ0v) is 8.97. The molecule has 0 bridgehead atoms. The maximum Gasteiger partial charge on any atom is 0.269 e. The second-order valence-electron chi connectivity index (χ2n) is 3.04.